The Balaban J connectivity index is 1.69. The first-order chi connectivity index (χ1) is 14.5. The number of rotatable bonds is 8. The maximum Gasteiger partial charge on any atom is 0.221 e. The molecule has 0 saturated heterocycles. The third-order valence-electron chi connectivity index (χ3n) is 4.36. The maximum absolute atomic E-state index is 12.3. The molecule has 152 valence electrons. The van der Waals surface area contributed by atoms with Gasteiger partial charge in [0.2, 0.25) is 5.91 Å². The lowest BCUT2D eigenvalue weighted by Gasteiger charge is -2.12. The van der Waals surface area contributed by atoms with Gasteiger partial charge in [-0.3, -0.25) is 9.59 Å². The molecule has 0 saturated carbocycles. The van der Waals surface area contributed by atoms with Gasteiger partial charge in [-0.2, -0.15) is 0 Å². The number of methoxy groups -OCH3 is 1. The van der Waals surface area contributed by atoms with Gasteiger partial charge in [0.05, 0.1) is 7.11 Å². The second kappa shape index (κ2) is 10.1. The number of amides is 1. The van der Waals surface area contributed by atoms with E-state index in [1.807, 2.05) is 36.4 Å². The Morgan fingerprint density at radius 3 is 2.37 bits per heavy atom. The second-order valence-corrected chi connectivity index (χ2v) is 6.63. The van der Waals surface area contributed by atoms with Gasteiger partial charge in [-0.15, -0.1) is 0 Å². The van der Waals surface area contributed by atoms with E-state index in [0.717, 1.165) is 11.1 Å². The van der Waals surface area contributed by atoms with Crippen LogP contribution in [0.5, 0.6) is 11.5 Å². The first kappa shape index (κ1) is 20.9. The van der Waals surface area contributed by atoms with Crippen LogP contribution in [0, 0.1) is 0 Å². The lowest BCUT2D eigenvalue weighted by atomic mass is 10.1. The second-order valence-electron chi connectivity index (χ2n) is 6.63. The lowest BCUT2D eigenvalue weighted by Crippen LogP contribution is -2.05. The third kappa shape index (κ3) is 5.82. The van der Waals surface area contributed by atoms with Gasteiger partial charge in [0.1, 0.15) is 18.1 Å². The number of ketones is 1. The summed E-state index contributed by atoms with van der Waals surface area (Å²) < 4.78 is 11.3. The SMILES string of the molecule is COc1ccc(/C=C/C(=O)c2ccccc2)cc1COc1ccc(NC(C)=O)cc1. The lowest BCUT2D eigenvalue weighted by molar-refractivity contribution is -0.114. The molecule has 3 aromatic rings. The van der Waals surface area contributed by atoms with Gasteiger partial charge in [-0.1, -0.05) is 42.5 Å². The number of anilines is 1. The van der Waals surface area contributed by atoms with Crippen molar-refractivity contribution in [3.8, 4) is 11.5 Å². The Bertz CT molecular complexity index is 1040. The Labute approximate surface area is 176 Å². The molecule has 0 aliphatic rings. The molecule has 0 aliphatic carbocycles. The molecule has 5 heteroatoms. The van der Waals surface area contributed by atoms with Crippen LogP contribution < -0.4 is 14.8 Å². The summed E-state index contributed by atoms with van der Waals surface area (Å²) in [4.78, 5) is 23.4. The average Bonchev–Trinajstić information content (AvgIpc) is 2.77. The molecule has 0 unspecified atom stereocenters. The molecule has 0 aromatic heterocycles. The monoisotopic (exact) mass is 401 g/mol. The highest BCUT2D eigenvalue weighted by Gasteiger charge is 2.06. The Morgan fingerprint density at radius 1 is 0.967 bits per heavy atom. The van der Waals surface area contributed by atoms with Gasteiger partial charge < -0.3 is 14.8 Å². The molecule has 1 amide bonds. The zero-order valence-electron chi connectivity index (χ0n) is 16.9. The summed E-state index contributed by atoms with van der Waals surface area (Å²) in [5, 5.41) is 2.72. The fourth-order valence-corrected chi connectivity index (χ4v) is 2.88. The van der Waals surface area contributed by atoms with E-state index in [1.54, 1.807) is 55.7 Å². The van der Waals surface area contributed by atoms with Gasteiger partial charge in [0.15, 0.2) is 5.78 Å². The number of carbonyl (C=O) groups is 2. The molecule has 3 aromatic carbocycles. The molecule has 0 aliphatic heterocycles. The number of nitrogens with one attached hydrogen (secondary N) is 1. The van der Waals surface area contributed by atoms with E-state index in [9.17, 15) is 9.59 Å². The van der Waals surface area contributed by atoms with E-state index >= 15 is 0 Å². The Kier molecular flexibility index (Phi) is 7.00. The fourth-order valence-electron chi connectivity index (χ4n) is 2.88. The highest BCUT2D eigenvalue weighted by atomic mass is 16.5. The van der Waals surface area contributed by atoms with Crippen molar-refractivity contribution in [2.75, 3.05) is 12.4 Å². The van der Waals surface area contributed by atoms with Gasteiger partial charge in [-0.25, -0.2) is 0 Å². The van der Waals surface area contributed by atoms with Crippen LogP contribution in [0.1, 0.15) is 28.4 Å². The predicted octanol–water partition coefficient (Wildman–Crippen LogP) is 5.13. The van der Waals surface area contributed by atoms with Crippen LogP contribution in [0.25, 0.3) is 6.08 Å². The third-order valence-corrected chi connectivity index (χ3v) is 4.36. The summed E-state index contributed by atoms with van der Waals surface area (Å²) in [7, 11) is 1.61. The van der Waals surface area contributed by atoms with Crippen molar-refractivity contribution < 1.29 is 19.1 Å². The molecule has 1 N–H and O–H groups in total. The number of allylic oxidation sites excluding steroid dienone is 1. The van der Waals surface area contributed by atoms with Crippen molar-refractivity contribution >= 4 is 23.5 Å². The van der Waals surface area contributed by atoms with E-state index in [0.29, 0.717) is 29.4 Å². The van der Waals surface area contributed by atoms with Crippen molar-refractivity contribution in [1.82, 2.24) is 0 Å². The minimum absolute atomic E-state index is 0.0523. The number of carbonyl (C=O) groups excluding carboxylic acids is 2. The number of ether oxygens (including phenoxy) is 2. The van der Waals surface area contributed by atoms with Crippen LogP contribution in [0.2, 0.25) is 0 Å². The maximum atomic E-state index is 12.3. The Hall–Kier alpha value is -3.86. The first-order valence-corrected chi connectivity index (χ1v) is 9.50. The quantitative estimate of drug-likeness (QED) is 0.420. The molecule has 3 rings (SSSR count). The molecule has 30 heavy (non-hydrogen) atoms. The number of benzene rings is 3. The molecular formula is C25H23NO4. The van der Waals surface area contributed by atoms with Crippen LogP contribution in [0.15, 0.2) is 78.9 Å². The molecule has 0 atom stereocenters. The van der Waals surface area contributed by atoms with Crippen molar-refractivity contribution in [2.45, 2.75) is 13.5 Å². The molecule has 0 spiro atoms. The van der Waals surface area contributed by atoms with Gasteiger partial charge in [0.25, 0.3) is 0 Å². The summed E-state index contributed by atoms with van der Waals surface area (Å²) in [5.74, 6) is 1.20. The highest BCUT2D eigenvalue weighted by Crippen LogP contribution is 2.24. The van der Waals surface area contributed by atoms with Crippen LogP contribution in [-0.2, 0) is 11.4 Å². The van der Waals surface area contributed by atoms with Crippen molar-refractivity contribution in [3.63, 3.8) is 0 Å². The van der Waals surface area contributed by atoms with E-state index in [1.165, 1.54) is 6.92 Å². The molecule has 5 nitrogen and oxygen atoms in total. The smallest absolute Gasteiger partial charge is 0.221 e. The first-order valence-electron chi connectivity index (χ1n) is 9.50. The van der Waals surface area contributed by atoms with Crippen LogP contribution in [0.4, 0.5) is 5.69 Å². The highest BCUT2D eigenvalue weighted by molar-refractivity contribution is 6.06. The Morgan fingerprint density at radius 2 is 1.70 bits per heavy atom. The van der Waals surface area contributed by atoms with Crippen molar-refractivity contribution in [3.05, 3.63) is 95.6 Å². The average molecular weight is 401 g/mol. The molecule has 0 radical (unpaired) electrons. The summed E-state index contributed by atoms with van der Waals surface area (Å²) in [6, 6.07) is 22.0. The fraction of sp³-hybridized carbons (Fsp3) is 0.120. The minimum Gasteiger partial charge on any atom is -0.496 e. The van der Waals surface area contributed by atoms with Gasteiger partial charge in [0, 0.05) is 23.7 Å². The van der Waals surface area contributed by atoms with Crippen LogP contribution in [0.3, 0.4) is 0 Å². The van der Waals surface area contributed by atoms with Crippen molar-refractivity contribution in [2.24, 2.45) is 0 Å². The number of hydrogen-bond donors (Lipinski definition) is 1. The summed E-state index contributed by atoms with van der Waals surface area (Å²) in [6.07, 6.45) is 3.34. The predicted molar refractivity (Wildman–Crippen MR) is 118 cm³/mol. The molecular weight excluding hydrogens is 378 g/mol. The van der Waals surface area contributed by atoms with Crippen LogP contribution >= 0.6 is 0 Å². The largest absolute Gasteiger partial charge is 0.496 e. The van der Waals surface area contributed by atoms with E-state index in [4.69, 9.17) is 9.47 Å². The molecule has 0 bridgehead atoms. The molecule has 0 heterocycles. The van der Waals surface area contributed by atoms with Gasteiger partial charge >= 0.3 is 0 Å². The molecule has 0 fully saturated rings. The minimum atomic E-state index is -0.121. The summed E-state index contributed by atoms with van der Waals surface area (Å²) in [5.41, 5.74) is 3.09. The van der Waals surface area contributed by atoms with E-state index < -0.39 is 0 Å². The zero-order chi connectivity index (χ0) is 21.3. The normalized spacial score (nSPS) is 10.6. The topological polar surface area (TPSA) is 64.6 Å². The van der Waals surface area contributed by atoms with Gasteiger partial charge in [-0.05, 0) is 48.0 Å². The standard InChI is InChI=1S/C25H23NO4/c1-18(27)26-22-10-12-23(13-11-22)30-17-21-16-19(9-15-25(21)29-2)8-14-24(28)20-6-4-3-5-7-20/h3-16H,17H2,1-2H3,(H,26,27)/b14-8+. The van der Waals surface area contributed by atoms with E-state index in [2.05, 4.69) is 5.32 Å². The summed E-state index contributed by atoms with van der Waals surface area (Å²) in [6.45, 7) is 1.77. The van der Waals surface area contributed by atoms with Crippen molar-refractivity contribution in [1.29, 1.82) is 0 Å². The number of hydrogen-bond acceptors (Lipinski definition) is 4. The zero-order valence-corrected chi connectivity index (χ0v) is 16.9. The summed E-state index contributed by atoms with van der Waals surface area (Å²) >= 11 is 0. The van der Waals surface area contributed by atoms with Crippen LogP contribution in [-0.4, -0.2) is 18.8 Å². The van der Waals surface area contributed by atoms with E-state index in [-0.39, 0.29) is 11.7 Å².